The van der Waals surface area contributed by atoms with Crippen LogP contribution in [0.5, 0.6) is 0 Å². The number of alkyl halides is 6. The molecule has 0 fully saturated rings. The van der Waals surface area contributed by atoms with Crippen molar-refractivity contribution in [2.24, 2.45) is 7.05 Å². The zero-order valence-corrected chi connectivity index (χ0v) is 20.9. The van der Waals surface area contributed by atoms with Gasteiger partial charge in [-0.15, -0.1) is 5.10 Å². The Balaban J connectivity index is 0.000000449. The fourth-order valence-electron chi connectivity index (χ4n) is 3.10. The predicted octanol–water partition coefficient (Wildman–Crippen LogP) is 1.68. The smallest absolute Gasteiger partial charge is 0.475 e. The van der Waals surface area contributed by atoms with Crippen molar-refractivity contribution in [3.8, 4) is 0 Å². The number of ether oxygens (including phenoxy) is 1. The summed E-state index contributed by atoms with van der Waals surface area (Å²) in [5, 5.41) is 22.6. The van der Waals surface area contributed by atoms with E-state index in [2.05, 4.69) is 15.3 Å². The van der Waals surface area contributed by atoms with Gasteiger partial charge in [0.1, 0.15) is 5.69 Å². The fraction of sp³-hybridized carbons (Fsp3) is 0.524. The summed E-state index contributed by atoms with van der Waals surface area (Å²) in [6, 6.07) is 5.76. The minimum atomic E-state index is -5.08. The molecule has 2 N–H and O–H groups in total. The molecule has 0 aliphatic carbocycles. The number of hydrogen-bond acceptors (Lipinski definition) is 8. The van der Waals surface area contributed by atoms with Crippen LogP contribution in [0.2, 0.25) is 0 Å². The molecule has 1 aliphatic heterocycles. The summed E-state index contributed by atoms with van der Waals surface area (Å²) in [4.78, 5) is 38.2. The normalized spacial score (nSPS) is 14.9. The number of aromatic nitrogens is 4. The van der Waals surface area contributed by atoms with Crippen molar-refractivity contribution in [3.05, 3.63) is 41.5 Å². The highest BCUT2D eigenvalue weighted by Gasteiger charge is 2.39. The standard InChI is InChI=1S/C17H24N6O2.2C2HF3O2/c1-21(2)10-16(24)23-8-13(17-15(9-23)19-20-22(17)3)11-25-12-14-6-4-5-7-18-14;2*3-2(4,5)1(6)7/h4-7,13H,8-12H2,1-3H3;2*(H,6,7). The summed E-state index contributed by atoms with van der Waals surface area (Å²) < 4.78 is 71.1. The Morgan fingerprint density at radius 2 is 1.64 bits per heavy atom. The maximum absolute atomic E-state index is 12.4. The molecule has 18 heteroatoms. The van der Waals surface area contributed by atoms with Crippen LogP contribution in [0.3, 0.4) is 0 Å². The predicted molar refractivity (Wildman–Crippen MR) is 119 cm³/mol. The highest BCUT2D eigenvalue weighted by molar-refractivity contribution is 5.78. The van der Waals surface area contributed by atoms with Gasteiger partial charge >= 0.3 is 24.3 Å². The first-order chi connectivity index (χ1) is 17.9. The van der Waals surface area contributed by atoms with Gasteiger partial charge < -0.3 is 24.7 Å². The van der Waals surface area contributed by atoms with E-state index >= 15 is 0 Å². The number of amides is 1. The van der Waals surface area contributed by atoms with Crippen LogP contribution in [0.25, 0.3) is 0 Å². The molecule has 0 radical (unpaired) electrons. The average Bonchev–Trinajstić information content (AvgIpc) is 3.19. The van der Waals surface area contributed by atoms with Gasteiger partial charge in [0.05, 0.1) is 37.7 Å². The van der Waals surface area contributed by atoms with E-state index < -0.39 is 24.3 Å². The minimum Gasteiger partial charge on any atom is -0.475 e. The Kier molecular flexibility index (Phi) is 12.3. The molecule has 1 aliphatic rings. The van der Waals surface area contributed by atoms with E-state index in [1.54, 1.807) is 10.9 Å². The third kappa shape index (κ3) is 11.6. The lowest BCUT2D eigenvalue weighted by molar-refractivity contribution is -0.193. The fourth-order valence-corrected chi connectivity index (χ4v) is 3.10. The van der Waals surface area contributed by atoms with Crippen LogP contribution in [0.1, 0.15) is 23.0 Å². The van der Waals surface area contributed by atoms with Gasteiger partial charge in [0.25, 0.3) is 0 Å². The van der Waals surface area contributed by atoms with E-state index in [0.717, 1.165) is 17.1 Å². The lowest BCUT2D eigenvalue weighted by Crippen LogP contribution is -2.43. The van der Waals surface area contributed by atoms with Gasteiger partial charge in [0.15, 0.2) is 0 Å². The molecule has 1 unspecified atom stereocenters. The number of carboxylic acid groups (broad SMARTS) is 2. The molecule has 3 rings (SSSR count). The summed E-state index contributed by atoms with van der Waals surface area (Å²) in [6.07, 6.45) is -8.41. The Morgan fingerprint density at radius 1 is 1.08 bits per heavy atom. The van der Waals surface area contributed by atoms with Crippen LogP contribution in [-0.2, 0) is 39.3 Å². The van der Waals surface area contributed by atoms with Gasteiger partial charge in [-0.1, -0.05) is 11.3 Å². The summed E-state index contributed by atoms with van der Waals surface area (Å²) in [6.45, 7) is 2.45. The van der Waals surface area contributed by atoms with Crippen molar-refractivity contribution in [2.45, 2.75) is 31.4 Å². The Morgan fingerprint density at radius 3 is 2.10 bits per heavy atom. The van der Waals surface area contributed by atoms with Gasteiger partial charge in [-0.25, -0.2) is 9.59 Å². The number of nitrogens with zero attached hydrogens (tertiary/aromatic N) is 6. The first kappa shape index (κ1) is 33.2. The molecule has 2 aromatic heterocycles. The van der Waals surface area contributed by atoms with Crippen LogP contribution in [0.15, 0.2) is 24.4 Å². The number of aryl methyl sites for hydroxylation is 1. The SMILES string of the molecule is CN(C)CC(=O)N1Cc2nnn(C)c2C(COCc2ccccn2)C1.O=C(O)C(F)(F)F.O=C(O)C(F)(F)F. The van der Waals surface area contributed by atoms with Crippen molar-refractivity contribution in [1.29, 1.82) is 0 Å². The van der Waals surface area contributed by atoms with Gasteiger partial charge in [-0.2, -0.15) is 26.3 Å². The molecule has 39 heavy (non-hydrogen) atoms. The molecule has 1 atom stereocenters. The largest absolute Gasteiger partial charge is 0.490 e. The van der Waals surface area contributed by atoms with Gasteiger partial charge in [0.2, 0.25) is 5.91 Å². The van der Waals surface area contributed by atoms with Crippen LogP contribution >= 0.6 is 0 Å². The topological polar surface area (TPSA) is 151 Å². The molecule has 3 heterocycles. The van der Waals surface area contributed by atoms with Crippen molar-refractivity contribution in [3.63, 3.8) is 0 Å². The minimum absolute atomic E-state index is 0.0542. The summed E-state index contributed by atoms with van der Waals surface area (Å²) >= 11 is 0. The summed E-state index contributed by atoms with van der Waals surface area (Å²) in [5.74, 6) is -5.37. The highest BCUT2D eigenvalue weighted by Crippen LogP contribution is 2.27. The zero-order valence-electron chi connectivity index (χ0n) is 20.9. The molecule has 218 valence electrons. The van der Waals surface area contributed by atoms with E-state index in [1.165, 1.54) is 0 Å². The lowest BCUT2D eigenvalue weighted by Gasteiger charge is -2.32. The average molecular weight is 572 g/mol. The molecular weight excluding hydrogens is 546 g/mol. The van der Waals surface area contributed by atoms with E-state index in [-0.39, 0.29) is 11.8 Å². The molecule has 12 nitrogen and oxygen atoms in total. The molecule has 0 aromatic carbocycles. The Labute approximate surface area is 217 Å². The van der Waals surface area contributed by atoms with Crippen LogP contribution in [-0.4, -0.2) is 104 Å². The molecule has 0 spiro atoms. The zero-order chi connectivity index (χ0) is 30.0. The molecule has 1 amide bonds. The monoisotopic (exact) mass is 572 g/mol. The molecule has 0 saturated carbocycles. The van der Waals surface area contributed by atoms with Crippen LogP contribution in [0.4, 0.5) is 26.3 Å². The first-order valence-electron chi connectivity index (χ1n) is 10.8. The number of halogens is 6. The lowest BCUT2D eigenvalue weighted by atomic mass is 9.99. The second-order valence-corrected chi connectivity index (χ2v) is 8.20. The van der Waals surface area contributed by atoms with E-state index in [0.29, 0.717) is 32.8 Å². The Bertz CT molecular complexity index is 1070. The maximum Gasteiger partial charge on any atom is 0.490 e. The number of carboxylic acids is 2. The first-order valence-corrected chi connectivity index (χ1v) is 10.8. The van der Waals surface area contributed by atoms with Gasteiger partial charge in [0, 0.05) is 25.7 Å². The number of carbonyl (C=O) groups excluding carboxylic acids is 1. The van der Waals surface area contributed by atoms with Gasteiger partial charge in [-0.3, -0.25) is 14.5 Å². The maximum atomic E-state index is 12.4. The quantitative estimate of drug-likeness (QED) is 0.490. The number of fused-ring (bicyclic) bond motifs is 1. The van der Waals surface area contributed by atoms with Crippen LogP contribution < -0.4 is 0 Å². The molecule has 0 bridgehead atoms. The van der Waals surface area contributed by atoms with Gasteiger partial charge in [-0.05, 0) is 26.2 Å². The number of pyridine rings is 1. The van der Waals surface area contributed by atoms with Crippen molar-refractivity contribution in [2.75, 3.05) is 33.8 Å². The molecule has 0 saturated heterocycles. The summed E-state index contributed by atoms with van der Waals surface area (Å²) in [5.41, 5.74) is 2.80. The number of carbonyl (C=O) groups is 3. The number of aliphatic carboxylic acids is 2. The van der Waals surface area contributed by atoms with Crippen molar-refractivity contribution < 1.29 is 55.7 Å². The van der Waals surface area contributed by atoms with Crippen molar-refractivity contribution in [1.82, 2.24) is 29.8 Å². The molecular formula is C21H26F6N6O6. The second-order valence-electron chi connectivity index (χ2n) is 8.20. The number of likely N-dealkylation sites (N-methyl/N-ethyl adjacent to an activating group) is 1. The second kappa shape index (κ2) is 14.4. The Hall–Kier alpha value is -3.80. The van der Waals surface area contributed by atoms with E-state index in [1.807, 2.05) is 49.1 Å². The number of rotatable bonds is 6. The van der Waals surface area contributed by atoms with E-state index in [9.17, 15) is 31.1 Å². The van der Waals surface area contributed by atoms with Crippen molar-refractivity contribution >= 4 is 17.8 Å². The highest BCUT2D eigenvalue weighted by atomic mass is 19.4. The third-order valence-electron chi connectivity index (χ3n) is 4.70. The van der Waals surface area contributed by atoms with Crippen LogP contribution in [0, 0.1) is 0 Å². The summed E-state index contributed by atoms with van der Waals surface area (Å²) in [7, 11) is 5.67. The number of hydrogen-bond donors (Lipinski definition) is 2. The van der Waals surface area contributed by atoms with E-state index in [4.69, 9.17) is 24.5 Å². The third-order valence-corrected chi connectivity index (χ3v) is 4.70. The molecule has 2 aromatic rings.